The molecule has 0 fully saturated rings. The zero-order chi connectivity index (χ0) is 23.4. The molecular formula is C23H18ClFN4O2S2. The van der Waals surface area contributed by atoms with E-state index in [1.807, 2.05) is 25.1 Å². The van der Waals surface area contributed by atoms with Gasteiger partial charge in [0.05, 0.1) is 16.0 Å². The van der Waals surface area contributed by atoms with Crippen LogP contribution in [0.25, 0.3) is 10.2 Å². The van der Waals surface area contributed by atoms with E-state index in [1.54, 1.807) is 18.2 Å². The van der Waals surface area contributed by atoms with E-state index >= 15 is 0 Å². The molecule has 33 heavy (non-hydrogen) atoms. The number of nitrogens with zero attached hydrogens (tertiary/aromatic N) is 1. The molecule has 0 aliphatic heterocycles. The van der Waals surface area contributed by atoms with Crippen molar-refractivity contribution in [1.29, 1.82) is 0 Å². The Morgan fingerprint density at radius 3 is 2.36 bits per heavy atom. The molecule has 0 radical (unpaired) electrons. The fraction of sp³-hybridized carbons (Fsp3) is 0.0870. The molecule has 3 aromatic carbocycles. The van der Waals surface area contributed by atoms with E-state index in [0.717, 1.165) is 20.1 Å². The van der Waals surface area contributed by atoms with E-state index in [4.69, 9.17) is 11.6 Å². The van der Waals surface area contributed by atoms with E-state index < -0.39 is 0 Å². The number of thioether (sulfide) groups is 1. The molecular weight excluding hydrogens is 483 g/mol. The predicted octanol–water partition coefficient (Wildman–Crippen LogP) is 6.77. The van der Waals surface area contributed by atoms with Crippen molar-refractivity contribution in [2.45, 2.75) is 11.3 Å². The fourth-order valence-corrected chi connectivity index (χ4v) is 4.95. The minimum atomic E-state index is -0.383. The number of thiazole rings is 1. The van der Waals surface area contributed by atoms with Crippen molar-refractivity contribution in [3.63, 3.8) is 0 Å². The molecule has 6 nitrogen and oxygen atoms in total. The molecule has 0 saturated heterocycles. The van der Waals surface area contributed by atoms with Gasteiger partial charge in [-0.15, -0.1) is 11.3 Å². The number of hydrogen-bond acceptors (Lipinski definition) is 5. The lowest BCUT2D eigenvalue weighted by Gasteiger charge is -2.08. The second kappa shape index (κ2) is 10.2. The Labute approximate surface area is 202 Å². The van der Waals surface area contributed by atoms with Crippen molar-refractivity contribution in [3.05, 3.63) is 77.1 Å². The average Bonchev–Trinajstić information content (AvgIpc) is 3.19. The van der Waals surface area contributed by atoms with Gasteiger partial charge in [-0.1, -0.05) is 29.4 Å². The Kier molecular flexibility index (Phi) is 7.12. The molecule has 3 amide bonds. The van der Waals surface area contributed by atoms with Crippen LogP contribution in [-0.2, 0) is 4.79 Å². The lowest BCUT2D eigenvalue weighted by Crippen LogP contribution is -2.19. The Morgan fingerprint density at radius 2 is 1.64 bits per heavy atom. The minimum Gasteiger partial charge on any atom is -0.325 e. The zero-order valence-electron chi connectivity index (χ0n) is 17.3. The number of aryl methyl sites for hydroxylation is 1. The number of nitrogens with one attached hydrogen (secondary N) is 3. The van der Waals surface area contributed by atoms with Crippen molar-refractivity contribution in [1.82, 2.24) is 4.98 Å². The molecule has 4 rings (SSSR count). The monoisotopic (exact) mass is 500 g/mol. The number of hydrogen-bond donors (Lipinski definition) is 3. The van der Waals surface area contributed by atoms with Crippen molar-refractivity contribution in [2.24, 2.45) is 0 Å². The molecule has 0 aliphatic carbocycles. The number of rotatable bonds is 6. The number of amides is 3. The van der Waals surface area contributed by atoms with Crippen molar-refractivity contribution in [2.75, 3.05) is 21.7 Å². The van der Waals surface area contributed by atoms with E-state index in [2.05, 4.69) is 20.9 Å². The normalized spacial score (nSPS) is 10.8. The van der Waals surface area contributed by atoms with E-state index in [-0.39, 0.29) is 23.5 Å². The van der Waals surface area contributed by atoms with Gasteiger partial charge in [-0.05, 0) is 67.1 Å². The van der Waals surface area contributed by atoms with Crippen LogP contribution in [0.1, 0.15) is 5.56 Å². The molecule has 1 aromatic heterocycles. The summed E-state index contributed by atoms with van der Waals surface area (Å²) in [5.41, 5.74) is 3.46. The van der Waals surface area contributed by atoms with Crippen LogP contribution in [0, 0.1) is 12.7 Å². The SMILES string of the molecule is Cc1ccc(NC(=O)Nc2ccc3nc(SCC(=O)Nc4ccc(F)cc4)sc3c2)cc1Cl. The summed E-state index contributed by atoms with van der Waals surface area (Å²) in [5, 5.41) is 8.84. The molecule has 4 aromatic rings. The fourth-order valence-electron chi connectivity index (χ4n) is 2.86. The maximum absolute atomic E-state index is 13.0. The van der Waals surface area contributed by atoms with Gasteiger partial charge < -0.3 is 16.0 Å². The van der Waals surface area contributed by atoms with E-state index in [1.165, 1.54) is 47.4 Å². The Balaban J connectivity index is 1.34. The van der Waals surface area contributed by atoms with Crippen molar-refractivity contribution < 1.29 is 14.0 Å². The maximum atomic E-state index is 13.0. The highest BCUT2D eigenvalue weighted by atomic mass is 35.5. The van der Waals surface area contributed by atoms with Crippen LogP contribution in [-0.4, -0.2) is 22.7 Å². The first-order valence-corrected chi connectivity index (χ1v) is 12.0. The molecule has 0 atom stereocenters. The summed E-state index contributed by atoms with van der Waals surface area (Å²) in [6.45, 7) is 1.89. The first kappa shape index (κ1) is 23.0. The highest BCUT2D eigenvalue weighted by Gasteiger charge is 2.10. The third kappa shape index (κ3) is 6.22. The van der Waals surface area contributed by atoms with Crippen LogP contribution in [0.15, 0.2) is 65.0 Å². The molecule has 10 heteroatoms. The number of anilines is 3. The number of halogens is 2. The summed E-state index contributed by atoms with van der Waals surface area (Å²) in [6, 6.07) is 15.9. The van der Waals surface area contributed by atoms with Gasteiger partial charge in [-0.25, -0.2) is 14.2 Å². The predicted molar refractivity (Wildman–Crippen MR) is 134 cm³/mol. The van der Waals surface area contributed by atoms with Crippen LogP contribution >= 0.6 is 34.7 Å². The lowest BCUT2D eigenvalue weighted by molar-refractivity contribution is -0.113. The van der Waals surface area contributed by atoms with Crippen LogP contribution in [0.2, 0.25) is 5.02 Å². The number of aromatic nitrogens is 1. The summed E-state index contributed by atoms with van der Waals surface area (Å²) in [7, 11) is 0. The summed E-state index contributed by atoms with van der Waals surface area (Å²) >= 11 is 8.84. The Bertz CT molecular complexity index is 1330. The first-order valence-electron chi connectivity index (χ1n) is 9.79. The second-order valence-electron chi connectivity index (χ2n) is 7.05. The minimum absolute atomic E-state index is 0.170. The van der Waals surface area contributed by atoms with Crippen molar-refractivity contribution in [3.8, 4) is 0 Å². The zero-order valence-corrected chi connectivity index (χ0v) is 19.7. The molecule has 168 valence electrons. The Morgan fingerprint density at radius 1 is 0.970 bits per heavy atom. The largest absolute Gasteiger partial charge is 0.325 e. The van der Waals surface area contributed by atoms with Gasteiger partial charge >= 0.3 is 6.03 Å². The van der Waals surface area contributed by atoms with Crippen LogP contribution in [0.5, 0.6) is 0 Å². The number of fused-ring (bicyclic) bond motifs is 1. The van der Waals surface area contributed by atoms with Gasteiger partial charge in [-0.3, -0.25) is 4.79 Å². The molecule has 3 N–H and O–H groups in total. The molecule has 0 aliphatic rings. The van der Waals surface area contributed by atoms with Crippen LogP contribution < -0.4 is 16.0 Å². The standard InChI is InChI=1S/C23H18ClFN4O2S2/c1-13-2-5-16(10-18(13)24)27-22(31)28-17-8-9-19-20(11-17)33-23(29-19)32-12-21(30)26-15-6-3-14(25)4-7-15/h2-11H,12H2,1H3,(H,26,30)(H2,27,28,31). The van der Waals surface area contributed by atoms with Gasteiger partial charge in [0.25, 0.3) is 0 Å². The maximum Gasteiger partial charge on any atom is 0.323 e. The summed E-state index contributed by atoms with van der Waals surface area (Å²) in [4.78, 5) is 29.0. The Hall–Kier alpha value is -3.14. The third-order valence-electron chi connectivity index (χ3n) is 4.51. The number of urea groups is 1. The summed E-state index contributed by atoms with van der Waals surface area (Å²) in [6.07, 6.45) is 0. The number of benzene rings is 3. The molecule has 0 spiro atoms. The van der Waals surface area contributed by atoms with Gasteiger partial charge in [0, 0.05) is 22.1 Å². The van der Waals surface area contributed by atoms with Gasteiger partial charge in [-0.2, -0.15) is 0 Å². The van der Waals surface area contributed by atoms with E-state index in [9.17, 15) is 14.0 Å². The lowest BCUT2D eigenvalue weighted by atomic mass is 10.2. The highest BCUT2D eigenvalue weighted by molar-refractivity contribution is 8.01. The number of carbonyl (C=O) groups is 2. The average molecular weight is 501 g/mol. The molecule has 1 heterocycles. The van der Waals surface area contributed by atoms with Crippen molar-refractivity contribution >= 4 is 73.9 Å². The molecule has 0 saturated carbocycles. The highest BCUT2D eigenvalue weighted by Crippen LogP contribution is 2.31. The second-order valence-corrected chi connectivity index (χ2v) is 9.71. The topological polar surface area (TPSA) is 83.1 Å². The summed E-state index contributed by atoms with van der Waals surface area (Å²) < 4.78 is 14.6. The van der Waals surface area contributed by atoms with Crippen LogP contribution in [0.3, 0.4) is 0 Å². The molecule has 0 bridgehead atoms. The molecule has 0 unspecified atom stereocenters. The smallest absolute Gasteiger partial charge is 0.323 e. The summed E-state index contributed by atoms with van der Waals surface area (Å²) in [5.74, 6) is -0.395. The number of carbonyl (C=O) groups excluding carboxylic acids is 2. The van der Waals surface area contributed by atoms with Gasteiger partial charge in [0.15, 0.2) is 4.34 Å². The van der Waals surface area contributed by atoms with Gasteiger partial charge in [0.2, 0.25) is 5.91 Å². The van der Waals surface area contributed by atoms with E-state index in [0.29, 0.717) is 22.1 Å². The third-order valence-corrected chi connectivity index (χ3v) is 7.08. The quantitative estimate of drug-likeness (QED) is 0.255. The first-order chi connectivity index (χ1) is 15.9. The van der Waals surface area contributed by atoms with Gasteiger partial charge in [0.1, 0.15) is 5.82 Å². The van der Waals surface area contributed by atoms with Crippen LogP contribution in [0.4, 0.5) is 26.2 Å².